The number of anilines is 6. The fourth-order valence-electron chi connectivity index (χ4n) is 12.4. The summed E-state index contributed by atoms with van der Waals surface area (Å²) in [6.45, 7) is 0. The van der Waals surface area contributed by atoms with Crippen molar-refractivity contribution in [2.75, 3.05) is 9.80 Å². The van der Waals surface area contributed by atoms with E-state index in [1.807, 2.05) is 11.3 Å². The quantitative estimate of drug-likeness (QED) is 0.150. The lowest BCUT2D eigenvalue weighted by molar-refractivity contribution is 0.623. The van der Waals surface area contributed by atoms with Gasteiger partial charge >= 0.3 is 0 Å². The Morgan fingerprint density at radius 3 is 1.28 bits per heavy atom. The van der Waals surface area contributed by atoms with Crippen LogP contribution in [0.25, 0.3) is 31.3 Å². The summed E-state index contributed by atoms with van der Waals surface area (Å²) < 4.78 is 2.55. The van der Waals surface area contributed by atoms with Gasteiger partial charge in [-0.1, -0.05) is 206 Å². The number of nitrogens with zero attached hydrogens (tertiary/aromatic N) is 2. The molecule has 0 saturated heterocycles. The number of thiophene rings is 1. The molecule has 71 heavy (non-hydrogen) atoms. The molecule has 0 radical (unpaired) electrons. The highest BCUT2D eigenvalue weighted by atomic mass is 32.1. The first-order valence-corrected chi connectivity index (χ1v) is 25.3. The summed E-state index contributed by atoms with van der Waals surface area (Å²) in [6.07, 6.45) is 0. The van der Waals surface area contributed by atoms with Gasteiger partial charge in [-0.2, -0.15) is 0 Å². The van der Waals surface area contributed by atoms with Crippen LogP contribution in [0.2, 0.25) is 0 Å². The molecule has 2 aliphatic carbocycles. The van der Waals surface area contributed by atoms with Crippen LogP contribution in [0.5, 0.6) is 0 Å². The minimum absolute atomic E-state index is 0.554. The van der Waals surface area contributed by atoms with Gasteiger partial charge in [-0.25, -0.2) is 0 Å². The lowest BCUT2D eigenvalue weighted by Gasteiger charge is -2.50. The molecule has 3 heteroatoms. The first kappa shape index (κ1) is 41.2. The Balaban J connectivity index is 1.01. The largest absolute Gasteiger partial charge is 0.311 e. The van der Waals surface area contributed by atoms with E-state index in [0.717, 1.165) is 34.1 Å². The second-order valence-electron chi connectivity index (χ2n) is 18.7. The van der Waals surface area contributed by atoms with Gasteiger partial charge in [0.15, 0.2) is 0 Å². The molecule has 0 N–H and O–H groups in total. The molecule has 1 aromatic heterocycles. The average Bonchev–Trinajstić information content (AvgIpc) is 3.98. The number of benzene rings is 11. The molecule has 0 saturated carbocycles. The van der Waals surface area contributed by atoms with Crippen LogP contribution in [0.3, 0.4) is 0 Å². The Morgan fingerprint density at radius 1 is 0.268 bits per heavy atom. The summed E-state index contributed by atoms with van der Waals surface area (Å²) in [7, 11) is 0. The van der Waals surface area contributed by atoms with Crippen molar-refractivity contribution in [1.29, 1.82) is 0 Å². The molecule has 0 bridgehead atoms. The van der Waals surface area contributed by atoms with Crippen LogP contribution in [0.1, 0.15) is 44.5 Å². The van der Waals surface area contributed by atoms with Gasteiger partial charge in [-0.05, 0) is 128 Å². The number of hydrogen-bond acceptors (Lipinski definition) is 3. The van der Waals surface area contributed by atoms with Crippen LogP contribution in [-0.2, 0) is 10.8 Å². The van der Waals surface area contributed by atoms with Crippen molar-refractivity contribution < 1.29 is 0 Å². The maximum atomic E-state index is 2.49. The van der Waals surface area contributed by atoms with E-state index in [-0.39, 0.29) is 0 Å². The van der Waals surface area contributed by atoms with Crippen LogP contribution >= 0.6 is 11.3 Å². The Bertz CT molecular complexity index is 3810. The van der Waals surface area contributed by atoms with E-state index in [0.29, 0.717) is 0 Å². The van der Waals surface area contributed by atoms with E-state index < -0.39 is 10.8 Å². The minimum Gasteiger partial charge on any atom is -0.311 e. The summed E-state index contributed by atoms with van der Waals surface area (Å²) in [4.78, 5) is 4.82. The molecular formula is C68H46N2S. The van der Waals surface area contributed by atoms with Gasteiger partial charge in [-0.15, -0.1) is 11.3 Å². The van der Waals surface area contributed by atoms with Crippen LogP contribution in [0, 0.1) is 0 Å². The molecule has 2 nitrogen and oxygen atoms in total. The zero-order valence-electron chi connectivity index (χ0n) is 38.9. The smallest absolute Gasteiger partial charge is 0.0720 e. The fraction of sp³-hybridized carbons (Fsp3) is 0.0294. The lowest BCUT2D eigenvalue weighted by atomic mass is 9.51. The third-order valence-electron chi connectivity index (χ3n) is 15.2. The summed E-state index contributed by atoms with van der Waals surface area (Å²) in [6, 6.07) is 103. The van der Waals surface area contributed by atoms with Gasteiger partial charge in [0.05, 0.1) is 21.2 Å². The maximum Gasteiger partial charge on any atom is 0.0720 e. The normalized spacial score (nSPS) is 13.6. The van der Waals surface area contributed by atoms with Crippen molar-refractivity contribution >= 4 is 65.6 Å². The number of hydrogen-bond donors (Lipinski definition) is 0. The molecule has 0 amide bonds. The third kappa shape index (κ3) is 6.07. The molecular weight excluding hydrogens is 877 g/mol. The summed E-state index contributed by atoms with van der Waals surface area (Å²) in [5.74, 6) is 0. The zero-order chi connectivity index (χ0) is 46.9. The SMILES string of the molecule is c1ccc(N(c2ccccc2)c2ccc(N(c3ccc4c(c3)-c3ccccc3C43c4ccccc4C(c4ccccc4)(c4ccccc4)c4ccccc43)c3cccc4c3sc3ccccc34)cc2)cc1. The highest BCUT2D eigenvalue weighted by Gasteiger charge is 2.56. The second-order valence-corrected chi connectivity index (χ2v) is 19.8. The van der Waals surface area contributed by atoms with Gasteiger partial charge in [0.25, 0.3) is 0 Å². The topological polar surface area (TPSA) is 6.48 Å². The first-order valence-electron chi connectivity index (χ1n) is 24.5. The Labute approximate surface area is 418 Å². The summed E-state index contributed by atoms with van der Waals surface area (Å²) >= 11 is 1.87. The molecule has 11 aromatic carbocycles. The predicted octanol–water partition coefficient (Wildman–Crippen LogP) is 18.1. The zero-order valence-corrected chi connectivity index (χ0v) is 39.7. The average molecular weight is 923 g/mol. The van der Waals surface area contributed by atoms with Crippen molar-refractivity contribution in [3.8, 4) is 11.1 Å². The minimum atomic E-state index is -0.582. The van der Waals surface area contributed by atoms with Crippen molar-refractivity contribution in [2.45, 2.75) is 10.8 Å². The summed E-state index contributed by atoms with van der Waals surface area (Å²) in [5.41, 5.74) is 18.4. The van der Waals surface area contributed by atoms with Crippen molar-refractivity contribution in [3.05, 3.63) is 324 Å². The van der Waals surface area contributed by atoms with Gasteiger partial charge in [0, 0.05) is 43.9 Å². The van der Waals surface area contributed by atoms with Crippen LogP contribution in [0.15, 0.2) is 279 Å². The molecule has 0 aliphatic heterocycles. The fourth-order valence-corrected chi connectivity index (χ4v) is 13.6. The third-order valence-corrected chi connectivity index (χ3v) is 16.4. The second kappa shape index (κ2) is 16.4. The first-order chi connectivity index (χ1) is 35.2. The van der Waals surface area contributed by atoms with Crippen molar-refractivity contribution in [2.24, 2.45) is 0 Å². The maximum absolute atomic E-state index is 2.49. The van der Waals surface area contributed by atoms with Gasteiger partial charge in [-0.3, -0.25) is 0 Å². The van der Waals surface area contributed by atoms with Crippen molar-refractivity contribution in [3.63, 3.8) is 0 Å². The molecule has 12 aromatic rings. The van der Waals surface area contributed by atoms with Crippen molar-refractivity contribution in [1.82, 2.24) is 0 Å². The Kier molecular flexibility index (Phi) is 9.55. The standard InChI is InChI=1S/C68H46N2S/c1-5-22-47(23-6-1)67(48-24-7-2-8-25-48)60-34-16-18-36-62(60)68(63-37-19-17-35-61(63)67)58-33-15-13-30-54(58)57-46-53(44-45-59(57)68)70(64-38-21-32-56-55-31-14-20-39-65(55)71-66(56)64)52-42-40-51(41-43-52)69(49-26-9-3-10-27-49)50-28-11-4-12-29-50/h1-46H. The highest BCUT2D eigenvalue weighted by molar-refractivity contribution is 7.26. The van der Waals surface area contributed by atoms with E-state index >= 15 is 0 Å². The van der Waals surface area contributed by atoms with E-state index in [9.17, 15) is 0 Å². The molecule has 334 valence electrons. The predicted molar refractivity (Wildman–Crippen MR) is 298 cm³/mol. The van der Waals surface area contributed by atoms with E-state index in [2.05, 4.69) is 289 Å². The van der Waals surface area contributed by atoms with Crippen LogP contribution in [-0.4, -0.2) is 0 Å². The molecule has 0 atom stereocenters. The lowest BCUT2D eigenvalue weighted by Crippen LogP contribution is -2.44. The van der Waals surface area contributed by atoms with E-state index in [1.54, 1.807) is 0 Å². The van der Waals surface area contributed by atoms with Crippen LogP contribution < -0.4 is 9.80 Å². The molecule has 2 aliphatic rings. The highest BCUT2D eigenvalue weighted by Crippen LogP contribution is 2.65. The molecule has 0 unspecified atom stereocenters. The van der Waals surface area contributed by atoms with Gasteiger partial charge in [0.2, 0.25) is 0 Å². The van der Waals surface area contributed by atoms with Crippen LogP contribution in [0.4, 0.5) is 34.1 Å². The molecule has 14 rings (SSSR count). The monoisotopic (exact) mass is 922 g/mol. The van der Waals surface area contributed by atoms with E-state index in [4.69, 9.17) is 0 Å². The number of rotatable bonds is 8. The molecule has 0 fully saturated rings. The van der Waals surface area contributed by atoms with Gasteiger partial charge in [0.1, 0.15) is 0 Å². The summed E-state index contributed by atoms with van der Waals surface area (Å²) in [5, 5.41) is 2.55. The molecule has 1 spiro atoms. The molecule has 1 heterocycles. The number of fused-ring (bicyclic) bond motifs is 12. The number of para-hydroxylation sites is 2. The van der Waals surface area contributed by atoms with E-state index in [1.165, 1.54) is 75.8 Å². The van der Waals surface area contributed by atoms with Gasteiger partial charge < -0.3 is 9.80 Å². The Morgan fingerprint density at radius 2 is 0.690 bits per heavy atom. The Hall–Kier alpha value is -8.76.